The van der Waals surface area contributed by atoms with Gasteiger partial charge >= 0.3 is 0 Å². The summed E-state index contributed by atoms with van der Waals surface area (Å²) in [5.41, 5.74) is 0. The highest BCUT2D eigenvalue weighted by Gasteiger charge is 2.54. The van der Waals surface area contributed by atoms with Crippen LogP contribution >= 0.6 is 0 Å². The maximum absolute atomic E-state index is 13.5. The summed E-state index contributed by atoms with van der Waals surface area (Å²) in [6, 6.07) is -1.000. The summed E-state index contributed by atoms with van der Waals surface area (Å²) in [7, 11) is 0. The van der Waals surface area contributed by atoms with E-state index >= 15 is 0 Å². The lowest BCUT2D eigenvalue weighted by Crippen LogP contribution is -2.66. The summed E-state index contributed by atoms with van der Waals surface area (Å²) in [5, 5.41) is 121. The van der Waals surface area contributed by atoms with E-state index in [0.29, 0.717) is 12.8 Å². The normalized spacial score (nSPS) is 25.1. The van der Waals surface area contributed by atoms with Crippen molar-refractivity contribution in [3.63, 3.8) is 0 Å². The van der Waals surface area contributed by atoms with Gasteiger partial charge in [-0.1, -0.05) is 376 Å². The minimum Gasteiger partial charge on any atom is -0.394 e. The second-order valence-corrected chi connectivity index (χ2v) is 33.5. The van der Waals surface area contributed by atoms with Crippen LogP contribution < -0.4 is 5.32 Å². The number of ether oxygens (including phenoxy) is 6. The smallest absolute Gasteiger partial charge is 0.220 e. The van der Waals surface area contributed by atoms with Gasteiger partial charge in [-0.3, -0.25) is 4.79 Å². The van der Waals surface area contributed by atoms with E-state index in [0.717, 1.165) is 51.4 Å². The molecule has 0 aliphatic carbocycles. The van der Waals surface area contributed by atoms with Gasteiger partial charge in [-0.2, -0.15) is 0 Å². The van der Waals surface area contributed by atoms with Crippen LogP contribution in [0.1, 0.15) is 399 Å². The van der Waals surface area contributed by atoms with E-state index < -0.39 is 124 Å². The Hall–Kier alpha value is -2.51. The van der Waals surface area contributed by atoms with Crippen LogP contribution in [0.5, 0.6) is 0 Å². The molecule has 17 unspecified atom stereocenters. The number of rotatable bonds is 77. The van der Waals surface area contributed by atoms with Gasteiger partial charge in [0, 0.05) is 6.42 Å². The fourth-order valence-corrected chi connectivity index (χ4v) is 15.8. The Morgan fingerprint density at radius 1 is 0.319 bits per heavy atom. The molecule has 1 amide bonds. The van der Waals surface area contributed by atoms with E-state index in [-0.39, 0.29) is 18.9 Å². The van der Waals surface area contributed by atoms with Crippen LogP contribution in [-0.2, 0) is 33.2 Å². The molecule has 0 aromatic rings. The molecule has 3 rings (SSSR count). The average Bonchev–Trinajstić information content (AvgIpc) is 0.780. The number of aliphatic hydroxyl groups is 11. The van der Waals surface area contributed by atoms with Crippen LogP contribution in [0.25, 0.3) is 0 Å². The van der Waals surface area contributed by atoms with Crippen LogP contribution in [0.4, 0.5) is 0 Å². The van der Waals surface area contributed by atoms with Crippen molar-refractivity contribution in [3.05, 3.63) is 60.8 Å². The summed E-state index contributed by atoms with van der Waals surface area (Å²) in [4.78, 5) is 13.5. The molecule has 3 fully saturated rings. The van der Waals surface area contributed by atoms with E-state index in [2.05, 4.69) is 67.8 Å². The van der Waals surface area contributed by atoms with E-state index in [1.807, 2.05) is 6.08 Å². The third kappa shape index (κ3) is 51.7. The largest absolute Gasteiger partial charge is 0.394 e. The number of aliphatic hydroxyl groups excluding tert-OH is 11. The van der Waals surface area contributed by atoms with Gasteiger partial charge in [0.1, 0.15) is 73.2 Å². The van der Waals surface area contributed by atoms with Crippen molar-refractivity contribution in [1.29, 1.82) is 0 Å². The molecule has 113 heavy (non-hydrogen) atoms. The molecule has 0 aromatic carbocycles. The van der Waals surface area contributed by atoms with Crippen LogP contribution in [0.15, 0.2) is 60.8 Å². The second-order valence-electron chi connectivity index (χ2n) is 33.5. The number of nitrogens with one attached hydrogen (secondary N) is 1. The van der Waals surface area contributed by atoms with Crippen molar-refractivity contribution >= 4 is 5.91 Å². The fourth-order valence-electron chi connectivity index (χ4n) is 15.8. The predicted molar refractivity (Wildman–Crippen MR) is 457 cm³/mol. The Kier molecular flexibility index (Phi) is 68.0. The van der Waals surface area contributed by atoms with Gasteiger partial charge in [0.15, 0.2) is 18.9 Å². The number of hydrogen-bond acceptors (Lipinski definition) is 18. The van der Waals surface area contributed by atoms with Crippen molar-refractivity contribution < 1.29 is 89.4 Å². The molecule has 0 spiro atoms. The lowest BCUT2D eigenvalue weighted by Gasteiger charge is -2.48. The monoisotopic (exact) mass is 1600 g/mol. The molecule has 3 aliphatic heterocycles. The fraction of sp³-hybridized carbons (Fsp3) is 0.883. The summed E-state index contributed by atoms with van der Waals surface area (Å²) < 4.78 is 34.5. The number of hydrogen-bond donors (Lipinski definition) is 12. The third-order valence-corrected chi connectivity index (χ3v) is 23.3. The van der Waals surface area contributed by atoms with Crippen molar-refractivity contribution in [3.8, 4) is 0 Å². The zero-order valence-corrected chi connectivity index (χ0v) is 71.6. The molecule has 0 bridgehead atoms. The van der Waals surface area contributed by atoms with Gasteiger partial charge in [0.05, 0.1) is 38.6 Å². The quantitative estimate of drug-likeness (QED) is 0.0199. The van der Waals surface area contributed by atoms with Crippen molar-refractivity contribution in [2.75, 3.05) is 26.4 Å². The summed E-state index contributed by atoms with van der Waals surface area (Å²) in [6.45, 7) is 1.76. The Labute approximate surface area is 687 Å². The number of carbonyl (C=O) groups excluding carboxylic acids is 1. The van der Waals surface area contributed by atoms with Crippen LogP contribution in [0.2, 0.25) is 0 Å². The molecule has 19 heteroatoms. The molecule has 662 valence electrons. The third-order valence-electron chi connectivity index (χ3n) is 23.3. The standard InChI is InChI=1S/C94H173NO18/c1-3-5-7-9-11-13-15-17-19-21-23-25-27-29-31-33-35-37-38-40-42-44-46-48-50-52-54-56-58-60-62-64-66-68-70-72-82(100)95-77(78(99)71-69-67-65-63-61-59-57-55-53-51-49-47-45-43-41-39-36-34-32-30-28-26-24-22-20-18-16-14-12-10-8-6-4-2)76-108-92-88(106)85(103)90(80(74-97)110-92)113-94-89(107)86(104)91(81(75-98)111-94)112-93-87(105)84(102)83(101)79(73-96)109-93/h15,17,21,23,53,55,61,63,69,71,77-81,83-94,96-99,101-107H,3-14,16,18-20,22,24-52,54,56-60,62,64-68,70,72-76H2,1-2H3,(H,95,100)/b17-15-,23-21-,55-53+,63-61+,71-69+. The number of allylic oxidation sites excluding steroid dienone is 9. The molecular formula is C94H173NO18. The number of unbranched alkanes of at least 4 members (excludes halogenated alkanes) is 53. The number of carbonyl (C=O) groups is 1. The summed E-state index contributed by atoms with van der Waals surface area (Å²) in [5.74, 6) is -0.283. The maximum atomic E-state index is 13.5. The Morgan fingerprint density at radius 3 is 0.938 bits per heavy atom. The van der Waals surface area contributed by atoms with E-state index in [1.54, 1.807) is 6.08 Å². The molecule has 12 N–H and O–H groups in total. The zero-order valence-electron chi connectivity index (χ0n) is 71.6. The first-order chi connectivity index (χ1) is 55.3. The van der Waals surface area contributed by atoms with E-state index in [1.165, 1.54) is 315 Å². The lowest BCUT2D eigenvalue weighted by molar-refractivity contribution is -0.379. The molecular weight excluding hydrogens is 1430 g/mol. The molecule has 17 atom stereocenters. The highest BCUT2D eigenvalue weighted by molar-refractivity contribution is 5.76. The topological polar surface area (TPSA) is 307 Å². The Bertz CT molecular complexity index is 2270. The second kappa shape index (κ2) is 73.4. The van der Waals surface area contributed by atoms with Crippen molar-refractivity contribution in [2.24, 2.45) is 0 Å². The Morgan fingerprint density at radius 2 is 0.593 bits per heavy atom. The van der Waals surface area contributed by atoms with Gasteiger partial charge in [-0.05, 0) is 77.0 Å². The van der Waals surface area contributed by atoms with Gasteiger partial charge in [-0.15, -0.1) is 0 Å². The minimum atomic E-state index is -1.99. The predicted octanol–water partition coefficient (Wildman–Crippen LogP) is 18.5. The number of amides is 1. The zero-order chi connectivity index (χ0) is 81.7. The van der Waals surface area contributed by atoms with Gasteiger partial charge in [-0.25, -0.2) is 0 Å². The van der Waals surface area contributed by atoms with Gasteiger partial charge in [0.2, 0.25) is 5.91 Å². The molecule has 0 radical (unpaired) electrons. The average molecular weight is 1610 g/mol. The molecule has 0 aromatic heterocycles. The Balaban J connectivity index is 1.33. The van der Waals surface area contributed by atoms with E-state index in [4.69, 9.17) is 28.4 Å². The highest BCUT2D eigenvalue weighted by Crippen LogP contribution is 2.34. The maximum Gasteiger partial charge on any atom is 0.220 e. The van der Waals surface area contributed by atoms with E-state index in [9.17, 15) is 61.0 Å². The summed E-state index contributed by atoms with van der Waals surface area (Å²) in [6.07, 6.45) is 71.1. The molecule has 19 nitrogen and oxygen atoms in total. The summed E-state index contributed by atoms with van der Waals surface area (Å²) >= 11 is 0. The van der Waals surface area contributed by atoms with Gasteiger partial charge < -0.3 is 89.9 Å². The molecule has 0 saturated carbocycles. The first-order valence-corrected chi connectivity index (χ1v) is 47.0. The lowest BCUT2D eigenvalue weighted by atomic mass is 9.96. The van der Waals surface area contributed by atoms with Crippen molar-refractivity contribution in [1.82, 2.24) is 5.32 Å². The minimum absolute atomic E-state index is 0.234. The molecule has 3 heterocycles. The first-order valence-electron chi connectivity index (χ1n) is 47.0. The van der Waals surface area contributed by atoms with Gasteiger partial charge in [0.25, 0.3) is 0 Å². The molecule has 3 saturated heterocycles. The van der Waals surface area contributed by atoms with Crippen LogP contribution in [0.3, 0.4) is 0 Å². The molecule has 3 aliphatic rings. The SMILES string of the molecule is CCCCCCC/C=C\C/C=C\CCCCCCCCCCCCCCCCCCCCCCCCCC(=O)NC(COC1OC(CO)C(OC2OC(CO)C(OC3OC(CO)C(O)C(O)C3O)C(O)C2O)C(O)C1O)C(O)/C=C/CC/C=C/CC/C=C/CCCCCCCCCCCCCCCCCCCCCCCCC. The van der Waals surface area contributed by atoms with Crippen LogP contribution in [0, 0.1) is 0 Å². The highest BCUT2D eigenvalue weighted by atomic mass is 16.8. The first kappa shape index (κ1) is 105. The van der Waals surface area contributed by atoms with Crippen molar-refractivity contribution in [2.45, 2.75) is 503 Å². The van der Waals surface area contributed by atoms with Crippen LogP contribution in [-0.4, -0.2) is 193 Å².